The summed E-state index contributed by atoms with van der Waals surface area (Å²) in [7, 11) is 0. The Morgan fingerprint density at radius 2 is 1.84 bits per heavy atom. The normalized spacial score (nSPS) is 13.5. The van der Waals surface area contributed by atoms with Crippen molar-refractivity contribution in [3.05, 3.63) is 59.7 Å². The molecule has 0 aliphatic carbocycles. The summed E-state index contributed by atoms with van der Waals surface area (Å²) in [6, 6.07) is 10.4. The number of para-hydroxylation sites is 1. The van der Waals surface area contributed by atoms with E-state index in [1.165, 1.54) is 13.8 Å². The Kier molecular flexibility index (Phi) is 4.29. The third-order valence-electron chi connectivity index (χ3n) is 4.41. The third-order valence-corrected chi connectivity index (χ3v) is 4.41. The van der Waals surface area contributed by atoms with E-state index in [4.69, 9.17) is 0 Å². The summed E-state index contributed by atoms with van der Waals surface area (Å²) in [5.41, 5.74) is 0.283. The van der Waals surface area contributed by atoms with Gasteiger partial charge in [0.2, 0.25) is 11.8 Å². The lowest BCUT2D eigenvalue weighted by atomic mass is 9.90. The molecule has 2 aromatic carbocycles. The number of fused-ring (bicyclic) bond motifs is 1. The molecule has 0 fully saturated rings. The van der Waals surface area contributed by atoms with Gasteiger partial charge in [-0.3, -0.25) is 9.59 Å². The number of anilines is 2. The first-order valence-electron chi connectivity index (χ1n) is 7.97. The molecule has 25 heavy (non-hydrogen) atoms. The second kappa shape index (κ2) is 6.27. The molecule has 0 saturated carbocycles. The molecule has 2 aromatic rings. The van der Waals surface area contributed by atoms with E-state index in [-0.39, 0.29) is 11.6 Å². The molecular formula is C19H18F2N2O2. The van der Waals surface area contributed by atoms with Crippen LogP contribution in [0.3, 0.4) is 0 Å². The quantitative estimate of drug-likeness (QED) is 0.866. The zero-order chi connectivity index (χ0) is 18.2. The molecular weight excluding hydrogens is 326 g/mol. The van der Waals surface area contributed by atoms with Crippen molar-refractivity contribution >= 4 is 23.2 Å². The molecule has 3 rings (SSSR count). The van der Waals surface area contributed by atoms with Gasteiger partial charge >= 0.3 is 0 Å². The molecule has 1 heterocycles. The van der Waals surface area contributed by atoms with Crippen LogP contribution in [0.5, 0.6) is 0 Å². The number of nitrogens with zero attached hydrogens (tertiary/aromatic N) is 1. The number of carbonyl (C=O) groups excluding carboxylic acids is 2. The number of benzene rings is 2. The zero-order valence-corrected chi connectivity index (χ0v) is 14.0. The minimum atomic E-state index is -1.40. The van der Waals surface area contributed by atoms with E-state index in [2.05, 4.69) is 5.32 Å². The van der Waals surface area contributed by atoms with E-state index in [0.717, 1.165) is 29.8 Å². The van der Waals surface area contributed by atoms with E-state index < -0.39 is 23.0 Å². The Hall–Kier alpha value is -2.76. The lowest BCUT2D eigenvalue weighted by Gasteiger charge is -2.28. The fraction of sp³-hybridized carbons (Fsp3) is 0.263. The van der Waals surface area contributed by atoms with Crippen LogP contribution in [0.15, 0.2) is 42.5 Å². The molecule has 0 radical (unpaired) electrons. The van der Waals surface area contributed by atoms with Crippen LogP contribution < -0.4 is 10.2 Å². The molecule has 6 heteroatoms. The van der Waals surface area contributed by atoms with Gasteiger partial charge in [0.25, 0.3) is 0 Å². The maximum atomic E-state index is 13.7. The molecule has 1 N–H and O–H groups in total. The van der Waals surface area contributed by atoms with Gasteiger partial charge in [-0.25, -0.2) is 8.78 Å². The molecule has 2 amide bonds. The highest BCUT2D eigenvalue weighted by Gasteiger charge is 2.41. The maximum Gasteiger partial charge on any atom is 0.242 e. The Labute approximate surface area is 144 Å². The molecule has 0 spiro atoms. The zero-order valence-electron chi connectivity index (χ0n) is 14.0. The van der Waals surface area contributed by atoms with E-state index in [1.807, 2.05) is 24.3 Å². The van der Waals surface area contributed by atoms with Gasteiger partial charge in [0.05, 0.1) is 5.69 Å². The monoisotopic (exact) mass is 344 g/mol. The van der Waals surface area contributed by atoms with Crippen LogP contribution in [0.1, 0.15) is 19.4 Å². The van der Waals surface area contributed by atoms with Gasteiger partial charge in [-0.15, -0.1) is 0 Å². The number of nitrogens with one attached hydrogen (secondary N) is 1. The molecule has 0 atom stereocenters. The van der Waals surface area contributed by atoms with E-state index >= 15 is 0 Å². The highest BCUT2D eigenvalue weighted by atomic mass is 19.1. The van der Waals surface area contributed by atoms with Crippen molar-refractivity contribution in [2.45, 2.75) is 20.3 Å². The number of hydrogen-bond donors (Lipinski definition) is 1. The Morgan fingerprint density at radius 1 is 1.12 bits per heavy atom. The summed E-state index contributed by atoms with van der Waals surface area (Å²) in [5.74, 6) is -2.63. The standard InChI is InChI=1S/C19H18F2N2O2/c1-19(2,17(24)22-15-8-7-13(20)11-14(15)21)18(25)23-10-9-12-5-3-4-6-16(12)23/h3-8,11H,9-10H2,1-2H3,(H,22,24). The van der Waals surface area contributed by atoms with Gasteiger partial charge in [-0.05, 0) is 44.0 Å². The summed E-state index contributed by atoms with van der Waals surface area (Å²) >= 11 is 0. The summed E-state index contributed by atoms with van der Waals surface area (Å²) in [5, 5.41) is 2.38. The van der Waals surface area contributed by atoms with Crippen molar-refractivity contribution in [3.63, 3.8) is 0 Å². The number of halogens is 2. The number of amides is 2. The highest BCUT2D eigenvalue weighted by Crippen LogP contribution is 2.32. The summed E-state index contributed by atoms with van der Waals surface area (Å²) in [6.07, 6.45) is 0.728. The Bertz CT molecular complexity index is 849. The van der Waals surface area contributed by atoms with Gasteiger partial charge in [0, 0.05) is 18.3 Å². The van der Waals surface area contributed by atoms with Crippen LogP contribution in [0.25, 0.3) is 0 Å². The minimum Gasteiger partial charge on any atom is -0.323 e. The van der Waals surface area contributed by atoms with Gasteiger partial charge in [0.1, 0.15) is 17.0 Å². The first-order chi connectivity index (χ1) is 11.8. The second-order valence-corrected chi connectivity index (χ2v) is 6.54. The minimum absolute atomic E-state index is 0.158. The predicted octanol–water partition coefficient (Wildman–Crippen LogP) is 3.52. The largest absolute Gasteiger partial charge is 0.323 e. The Balaban J connectivity index is 1.81. The van der Waals surface area contributed by atoms with Crippen molar-refractivity contribution < 1.29 is 18.4 Å². The summed E-state index contributed by atoms with van der Waals surface area (Å²) in [4.78, 5) is 27.1. The average Bonchev–Trinajstić information content (AvgIpc) is 3.00. The van der Waals surface area contributed by atoms with E-state index in [1.54, 1.807) is 4.90 Å². The second-order valence-electron chi connectivity index (χ2n) is 6.54. The Morgan fingerprint density at radius 3 is 2.56 bits per heavy atom. The molecule has 0 aromatic heterocycles. The van der Waals surface area contributed by atoms with Crippen LogP contribution in [0.2, 0.25) is 0 Å². The molecule has 0 bridgehead atoms. The number of rotatable bonds is 3. The van der Waals surface area contributed by atoms with Crippen LogP contribution in [0.4, 0.5) is 20.2 Å². The van der Waals surface area contributed by atoms with Crippen molar-refractivity contribution in [1.29, 1.82) is 0 Å². The van der Waals surface area contributed by atoms with Crippen molar-refractivity contribution in [2.24, 2.45) is 5.41 Å². The smallest absolute Gasteiger partial charge is 0.242 e. The van der Waals surface area contributed by atoms with Crippen molar-refractivity contribution in [2.75, 3.05) is 16.8 Å². The lowest BCUT2D eigenvalue weighted by molar-refractivity contribution is -0.136. The first kappa shape index (κ1) is 17.1. The van der Waals surface area contributed by atoms with Crippen LogP contribution >= 0.6 is 0 Å². The molecule has 1 aliphatic rings. The molecule has 130 valence electrons. The topological polar surface area (TPSA) is 49.4 Å². The fourth-order valence-corrected chi connectivity index (χ4v) is 2.85. The number of carbonyl (C=O) groups is 2. The fourth-order valence-electron chi connectivity index (χ4n) is 2.85. The summed E-state index contributed by atoms with van der Waals surface area (Å²) < 4.78 is 26.7. The van der Waals surface area contributed by atoms with Gasteiger partial charge in [-0.1, -0.05) is 18.2 Å². The number of hydrogen-bond acceptors (Lipinski definition) is 2. The SMILES string of the molecule is CC(C)(C(=O)Nc1ccc(F)cc1F)C(=O)N1CCc2ccccc21. The van der Waals surface area contributed by atoms with Gasteiger partial charge in [-0.2, -0.15) is 0 Å². The van der Waals surface area contributed by atoms with Gasteiger partial charge in [0.15, 0.2) is 0 Å². The molecule has 0 saturated heterocycles. The van der Waals surface area contributed by atoms with E-state index in [9.17, 15) is 18.4 Å². The van der Waals surface area contributed by atoms with Gasteiger partial charge < -0.3 is 10.2 Å². The highest BCUT2D eigenvalue weighted by molar-refractivity contribution is 6.15. The predicted molar refractivity (Wildman–Crippen MR) is 91.3 cm³/mol. The first-order valence-corrected chi connectivity index (χ1v) is 7.97. The maximum absolute atomic E-state index is 13.7. The van der Waals surface area contributed by atoms with E-state index in [0.29, 0.717) is 12.6 Å². The summed E-state index contributed by atoms with van der Waals surface area (Å²) in [6.45, 7) is 3.49. The van der Waals surface area contributed by atoms with Crippen LogP contribution in [0, 0.1) is 17.0 Å². The third kappa shape index (κ3) is 3.12. The molecule has 1 aliphatic heterocycles. The average molecular weight is 344 g/mol. The molecule has 0 unspecified atom stereocenters. The molecule has 4 nitrogen and oxygen atoms in total. The van der Waals surface area contributed by atoms with Crippen molar-refractivity contribution in [3.8, 4) is 0 Å². The van der Waals surface area contributed by atoms with Crippen LogP contribution in [-0.4, -0.2) is 18.4 Å². The van der Waals surface area contributed by atoms with Crippen LogP contribution in [-0.2, 0) is 16.0 Å². The van der Waals surface area contributed by atoms with Crippen molar-refractivity contribution in [1.82, 2.24) is 0 Å². The lowest BCUT2D eigenvalue weighted by Crippen LogP contribution is -2.47.